The van der Waals surface area contributed by atoms with E-state index in [0.29, 0.717) is 13.0 Å². The molecule has 1 atom stereocenters. The highest BCUT2D eigenvalue weighted by atomic mass is 16.2. The van der Waals surface area contributed by atoms with Gasteiger partial charge in [0.25, 0.3) is 0 Å². The van der Waals surface area contributed by atoms with Crippen molar-refractivity contribution < 1.29 is 9.59 Å². The third-order valence-electron chi connectivity index (χ3n) is 4.15. The number of nitrogens with zero attached hydrogens (tertiary/aromatic N) is 1. The van der Waals surface area contributed by atoms with Gasteiger partial charge in [-0.3, -0.25) is 9.59 Å². The van der Waals surface area contributed by atoms with Crippen molar-refractivity contribution in [2.24, 2.45) is 11.7 Å². The highest BCUT2D eigenvalue weighted by Gasteiger charge is 2.32. The summed E-state index contributed by atoms with van der Waals surface area (Å²) in [5.41, 5.74) is 5.25. The van der Waals surface area contributed by atoms with Crippen LogP contribution in [0.5, 0.6) is 0 Å². The van der Waals surface area contributed by atoms with Gasteiger partial charge in [-0.15, -0.1) is 0 Å². The van der Waals surface area contributed by atoms with E-state index in [4.69, 9.17) is 5.73 Å². The third-order valence-corrected chi connectivity index (χ3v) is 4.15. The largest absolute Gasteiger partial charge is 0.369 e. The number of hydrogen-bond acceptors (Lipinski definition) is 2. The third kappa shape index (κ3) is 6.40. The van der Waals surface area contributed by atoms with E-state index in [-0.39, 0.29) is 17.7 Å². The molecule has 1 rings (SSSR count). The minimum atomic E-state index is -0.340. The molecule has 4 nitrogen and oxygen atoms in total. The molecular weight excluding hydrogens is 252 g/mol. The Morgan fingerprint density at radius 1 is 1.10 bits per heavy atom. The van der Waals surface area contributed by atoms with Gasteiger partial charge in [-0.2, -0.15) is 0 Å². The summed E-state index contributed by atoms with van der Waals surface area (Å²) in [5, 5.41) is 0. The molecule has 1 aliphatic rings. The summed E-state index contributed by atoms with van der Waals surface area (Å²) in [6.07, 6.45) is 11.8. The first-order valence-electron chi connectivity index (χ1n) is 8.22. The molecule has 1 heterocycles. The SMILES string of the molecule is CCCCCCCCCCCN1CC(C(N)=O)CC1=O. The van der Waals surface area contributed by atoms with Crippen LogP contribution in [-0.4, -0.2) is 29.8 Å². The number of unbranched alkanes of at least 4 members (excludes halogenated alkanes) is 8. The Morgan fingerprint density at radius 2 is 1.65 bits per heavy atom. The summed E-state index contributed by atoms with van der Waals surface area (Å²) in [6, 6.07) is 0. The zero-order chi connectivity index (χ0) is 14.8. The molecule has 1 fully saturated rings. The fourth-order valence-electron chi connectivity index (χ4n) is 2.79. The second kappa shape index (κ2) is 9.78. The lowest BCUT2D eigenvalue weighted by atomic mass is 10.1. The molecule has 0 spiro atoms. The number of hydrogen-bond donors (Lipinski definition) is 1. The van der Waals surface area contributed by atoms with Gasteiger partial charge in [-0.05, 0) is 6.42 Å². The van der Waals surface area contributed by atoms with E-state index in [0.717, 1.165) is 13.0 Å². The van der Waals surface area contributed by atoms with Crippen LogP contribution in [0.4, 0.5) is 0 Å². The number of likely N-dealkylation sites (tertiary alicyclic amines) is 1. The normalized spacial score (nSPS) is 18.8. The van der Waals surface area contributed by atoms with Crippen LogP contribution in [-0.2, 0) is 9.59 Å². The standard InChI is InChI=1S/C16H30N2O2/c1-2-3-4-5-6-7-8-9-10-11-18-13-14(16(17)20)12-15(18)19/h14H,2-13H2,1H3,(H2,17,20). The second-order valence-corrected chi connectivity index (χ2v) is 5.97. The number of amides is 2. The summed E-state index contributed by atoms with van der Waals surface area (Å²) in [6.45, 7) is 3.56. The minimum absolute atomic E-state index is 0.0911. The van der Waals surface area contributed by atoms with Crippen LogP contribution >= 0.6 is 0 Å². The average Bonchev–Trinajstić information content (AvgIpc) is 2.79. The molecule has 0 aliphatic carbocycles. The van der Waals surface area contributed by atoms with Crippen LogP contribution in [0, 0.1) is 5.92 Å². The van der Waals surface area contributed by atoms with Gasteiger partial charge in [0, 0.05) is 19.5 Å². The lowest BCUT2D eigenvalue weighted by Gasteiger charge is -2.15. The van der Waals surface area contributed by atoms with Crippen LogP contribution in [0.15, 0.2) is 0 Å². The second-order valence-electron chi connectivity index (χ2n) is 5.97. The van der Waals surface area contributed by atoms with Crippen molar-refractivity contribution in [3.8, 4) is 0 Å². The van der Waals surface area contributed by atoms with Crippen molar-refractivity contribution in [1.29, 1.82) is 0 Å². The van der Waals surface area contributed by atoms with E-state index in [2.05, 4.69) is 6.92 Å². The monoisotopic (exact) mass is 282 g/mol. The van der Waals surface area contributed by atoms with Gasteiger partial charge in [0.15, 0.2) is 0 Å². The maximum Gasteiger partial charge on any atom is 0.223 e. The van der Waals surface area contributed by atoms with Crippen LogP contribution in [0.25, 0.3) is 0 Å². The molecule has 1 unspecified atom stereocenters. The van der Waals surface area contributed by atoms with E-state index >= 15 is 0 Å². The Balaban J connectivity index is 1.96. The van der Waals surface area contributed by atoms with Crippen molar-refractivity contribution in [1.82, 2.24) is 4.90 Å². The number of primary amides is 1. The number of carbonyl (C=O) groups is 2. The molecule has 4 heteroatoms. The maximum absolute atomic E-state index is 11.7. The van der Waals surface area contributed by atoms with Crippen molar-refractivity contribution in [2.75, 3.05) is 13.1 Å². The molecule has 1 aliphatic heterocycles. The summed E-state index contributed by atoms with van der Waals surface area (Å²) in [7, 11) is 0. The number of rotatable bonds is 11. The fraction of sp³-hybridized carbons (Fsp3) is 0.875. The van der Waals surface area contributed by atoms with E-state index in [9.17, 15) is 9.59 Å². The van der Waals surface area contributed by atoms with Crippen LogP contribution < -0.4 is 5.73 Å². The Labute approximate surface area is 123 Å². The lowest BCUT2D eigenvalue weighted by Crippen LogP contribution is -2.29. The molecule has 2 N–H and O–H groups in total. The molecule has 0 saturated carbocycles. The molecule has 116 valence electrons. The zero-order valence-corrected chi connectivity index (χ0v) is 12.9. The summed E-state index contributed by atoms with van der Waals surface area (Å²) < 4.78 is 0. The molecule has 0 aromatic heterocycles. The minimum Gasteiger partial charge on any atom is -0.369 e. The first kappa shape index (κ1) is 17.0. The lowest BCUT2D eigenvalue weighted by molar-refractivity contribution is -0.128. The predicted octanol–water partition coefficient (Wildman–Crippen LogP) is 2.85. The quantitative estimate of drug-likeness (QED) is 0.592. The average molecular weight is 282 g/mol. The maximum atomic E-state index is 11.7. The summed E-state index contributed by atoms with van der Waals surface area (Å²) in [4.78, 5) is 24.5. The summed E-state index contributed by atoms with van der Waals surface area (Å²) >= 11 is 0. The van der Waals surface area contributed by atoms with Gasteiger partial charge < -0.3 is 10.6 Å². The van der Waals surface area contributed by atoms with E-state index < -0.39 is 0 Å². The van der Waals surface area contributed by atoms with Crippen LogP contribution in [0.2, 0.25) is 0 Å². The van der Waals surface area contributed by atoms with Crippen LogP contribution in [0.1, 0.15) is 71.1 Å². The Kier molecular flexibility index (Phi) is 8.31. The predicted molar refractivity (Wildman–Crippen MR) is 81.1 cm³/mol. The van der Waals surface area contributed by atoms with E-state index in [1.807, 2.05) is 0 Å². The molecule has 0 bridgehead atoms. The van der Waals surface area contributed by atoms with Gasteiger partial charge in [0.05, 0.1) is 5.92 Å². The van der Waals surface area contributed by atoms with Crippen molar-refractivity contribution in [3.05, 3.63) is 0 Å². The van der Waals surface area contributed by atoms with Crippen LogP contribution in [0.3, 0.4) is 0 Å². The first-order chi connectivity index (χ1) is 9.65. The highest BCUT2D eigenvalue weighted by Crippen LogP contribution is 2.18. The topological polar surface area (TPSA) is 63.4 Å². The van der Waals surface area contributed by atoms with Crippen molar-refractivity contribution in [2.45, 2.75) is 71.1 Å². The smallest absolute Gasteiger partial charge is 0.223 e. The molecule has 0 radical (unpaired) electrons. The Morgan fingerprint density at radius 3 is 2.15 bits per heavy atom. The van der Waals surface area contributed by atoms with Gasteiger partial charge in [0.2, 0.25) is 11.8 Å². The van der Waals surface area contributed by atoms with Crippen molar-refractivity contribution >= 4 is 11.8 Å². The molecule has 0 aromatic rings. The van der Waals surface area contributed by atoms with E-state index in [1.165, 1.54) is 51.4 Å². The molecule has 20 heavy (non-hydrogen) atoms. The highest BCUT2D eigenvalue weighted by molar-refractivity contribution is 5.88. The van der Waals surface area contributed by atoms with Gasteiger partial charge in [-0.25, -0.2) is 0 Å². The Bertz CT molecular complexity index is 305. The van der Waals surface area contributed by atoms with Gasteiger partial charge in [-0.1, -0.05) is 58.3 Å². The molecule has 2 amide bonds. The summed E-state index contributed by atoms with van der Waals surface area (Å²) in [5.74, 6) is -0.512. The molecular formula is C16H30N2O2. The molecule has 0 aromatic carbocycles. The number of carbonyl (C=O) groups excluding carboxylic acids is 2. The van der Waals surface area contributed by atoms with Gasteiger partial charge >= 0.3 is 0 Å². The first-order valence-corrected chi connectivity index (χ1v) is 8.22. The zero-order valence-electron chi connectivity index (χ0n) is 12.9. The fourth-order valence-corrected chi connectivity index (χ4v) is 2.79. The van der Waals surface area contributed by atoms with Gasteiger partial charge in [0.1, 0.15) is 0 Å². The number of nitrogens with two attached hydrogens (primary N) is 1. The van der Waals surface area contributed by atoms with Crippen molar-refractivity contribution in [3.63, 3.8) is 0 Å². The van der Waals surface area contributed by atoms with E-state index in [1.54, 1.807) is 4.90 Å². The molecule has 1 saturated heterocycles. The Hall–Kier alpha value is -1.06.